The van der Waals surface area contributed by atoms with Crippen molar-refractivity contribution in [1.29, 1.82) is 0 Å². The molecule has 8 heteroatoms. The minimum atomic E-state index is 0.00475. The molecule has 4 heterocycles. The number of para-hydroxylation sites is 2. The first kappa shape index (κ1) is 18.7. The number of aromatic nitrogens is 2. The molecule has 0 aliphatic carbocycles. The van der Waals surface area contributed by atoms with Crippen LogP contribution in [0.3, 0.4) is 0 Å². The molecule has 1 aromatic heterocycles. The number of thioether (sulfide) groups is 1. The van der Waals surface area contributed by atoms with Crippen molar-refractivity contribution in [3.63, 3.8) is 0 Å². The van der Waals surface area contributed by atoms with Crippen LogP contribution >= 0.6 is 11.8 Å². The second-order valence-corrected chi connectivity index (χ2v) is 8.48. The zero-order chi connectivity index (χ0) is 19.8. The van der Waals surface area contributed by atoms with E-state index in [1.165, 1.54) is 11.8 Å². The number of carbonyl (C=O) groups excluding carboxylic acids is 1. The van der Waals surface area contributed by atoms with Gasteiger partial charge in [-0.1, -0.05) is 23.9 Å². The number of likely N-dealkylation sites (tertiary alicyclic amines) is 1. The number of nitrogens with zero attached hydrogens (tertiary/aromatic N) is 4. The summed E-state index contributed by atoms with van der Waals surface area (Å²) in [4.78, 5) is 26.1. The highest BCUT2D eigenvalue weighted by Crippen LogP contribution is 2.32. The van der Waals surface area contributed by atoms with Crippen LogP contribution in [0.25, 0.3) is 0 Å². The lowest BCUT2D eigenvalue weighted by atomic mass is 10.0. The Kier molecular flexibility index (Phi) is 5.05. The normalized spacial score (nSPS) is 23.9. The van der Waals surface area contributed by atoms with Crippen molar-refractivity contribution < 1.29 is 14.3 Å². The van der Waals surface area contributed by atoms with Crippen LogP contribution in [0.5, 0.6) is 11.5 Å². The molecule has 1 fully saturated rings. The van der Waals surface area contributed by atoms with Gasteiger partial charge in [0, 0.05) is 25.3 Å². The van der Waals surface area contributed by atoms with E-state index in [1.807, 2.05) is 35.4 Å². The molecule has 7 nitrogen and oxygen atoms in total. The highest BCUT2D eigenvalue weighted by Gasteiger charge is 2.37. The standard InChI is InChI=1S/C21H24N4O3S/c1-29-21-22-9-16-17(23-21)12-25(20(16)26)14-5-4-8-24(10-14)11-15-13-27-18-6-2-3-7-19(18)28-15/h2-3,6-7,9,14-15H,4-5,8,10-13H2,1H3/t14-,15-/m0/s1. The molecule has 0 radical (unpaired) electrons. The smallest absolute Gasteiger partial charge is 0.258 e. The van der Waals surface area contributed by atoms with Crippen molar-refractivity contribution in [3.05, 3.63) is 41.7 Å². The first-order valence-corrected chi connectivity index (χ1v) is 11.3. The number of carbonyl (C=O) groups is 1. The molecule has 152 valence electrons. The molecule has 0 spiro atoms. The van der Waals surface area contributed by atoms with Crippen molar-refractivity contribution in [2.45, 2.75) is 36.7 Å². The van der Waals surface area contributed by atoms with Crippen LogP contribution in [0, 0.1) is 0 Å². The Morgan fingerprint density at radius 3 is 3.00 bits per heavy atom. The second-order valence-electron chi connectivity index (χ2n) is 7.70. The predicted molar refractivity (Wildman–Crippen MR) is 110 cm³/mol. The average Bonchev–Trinajstić information content (AvgIpc) is 3.09. The zero-order valence-corrected chi connectivity index (χ0v) is 17.2. The Balaban J connectivity index is 1.23. The van der Waals surface area contributed by atoms with Crippen molar-refractivity contribution in [1.82, 2.24) is 19.8 Å². The lowest BCUT2D eigenvalue weighted by Crippen LogP contribution is -2.51. The summed E-state index contributed by atoms with van der Waals surface area (Å²) >= 11 is 1.50. The summed E-state index contributed by atoms with van der Waals surface area (Å²) < 4.78 is 12.0. The fourth-order valence-electron chi connectivity index (χ4n) is 4.37. The van der Waals surface area contributed by atoms with E-state index in [9.17, 15) is 4.79 Å². The van der Waals surface area contributed by atoms with Crippen molar-refractivity contribution in [2.75, 3.05) is 32.5 Å². The Morgan fingerprint density at radius 1 is 1.28 bits per heavy atom. The van der Waals surface area contributed by atoms with Gasteiger partial charge in [0.05, 0.1) is 17.8 Å². The van der Waals surface area contributed by atoms with Crippen LogP contribution in [0.1, 0.15) is 28.9 Å². The molecule has 0 saturated carbocycles. The zero-order valence-electron chi connectivity index (χ0n) is 16.4. The molecule has 3 aliphatic rings. The lowest BCUT2D eigenvalue weighted by Gasteiger charge is -2.39. The third-order valence-corrected chi connectivity index (χ3v) is 6.35. The molecule has 1 aromatic carbocycles. The summed E-state index contributed by atoms with van der Waals surface area (Å²) in [6, 6.07) is 7.99. The number of benzene rings is 1. The molecule has 0 unspecified atom stereocenters. The fourth-order valence-corrected chi connectivity index (χ4v) is 4.73. The third kappa shape index (κ3) is 3.67. The third-order valence-electron chi connectivity index (χ3n) is 5.79. The van der Waals surface area contributed by atoms with Gasteiger partial charge in [-0.2, -0.15) is 0 Å². The summed E-state index contributed by atoms with van der Waals surface area (Å²) in [6.45, 7) is 3.81. The van der Waals surface area contributed by atoms with Crippen LogP contribution in [-0.2, 0) is 6.54 Å². The maximum atomic E-state index is 12.9. The highest BCUT2D eigenvalue weighted by molar-refractivity contribution is 7.98. The molecule has 1 saturated heterocycles. The van der Waals surface area contributed by atoms with Gasteiger partial charge < -0.3 is 14.4 Å². The maximum Gasteiger partial charge on any atom is 0.258 e. The number of amides is 1. The van der Waals surface area contributed by atoms with Crippen LogP contribution < -0.4 is 9.47 Å². The molecule has 0 bridgehead atoms. The Labute approximate surface area is 174 Å². The summed E-state index contributed by atoms with van der Waals surface area (Å²) in [5.74, 6) is 1.68. The lowest BCUT2D eigenvalue weighted by molar-refractivity contribution is 0.0305. The summed E-state index contributed by atoms with van der Waals surface area (Å²) in [5.41, 5.74) is 1.51. The second kappa shape index (κ2) is 7.84. The van der Waals surface area contributed by atoms with Gasteiger partial charge in [0.2, 0.25) is 0 Å². The Morgan fingerprint density at radius 2 is 2.14 bits per heavy atom. The first-order chi connectivity index (χ1) is 14.2. The van der Waals surface area contributed by atoms with Crippen LogP contribution in [-0.4, -0.2) is 70.3 Å². The van der Waals surface area contributed by atoms with Crippen molar-refractivity contribution >= 4 is 17.7 Å². The topological polar surface area (TPSA) is 67.8 Å². The quantitative estimate of drug-likeness (QED) is 0.564. The molecule has 2 atom stereocenters. The van der Waals surface area contributed by atoms with Gasteiger partial charge in [0.1, 0.15) is 12.7 Å². The number of hydrogen-bond donors (Lipinski definition) is 0. The molecule has 2 aromatic rings. The van der Waals surface area contributed by atoms with E-state index in [-0.39, 0.29) is 18.1 Å². The number of ether oxygens (including phenoxy) is 2. The molecule has 0 N–H and O–H groups in total. The number of piperidine rings is 1. The van der Waals surface area contributed by atoms with Crippen LogP contribution in [0.15, 0.2) is 35.6 Å². The molecule has 3 aliphatic heterocycles. The largest absolute Gasteiger partial charge is 0.486 e. The maximum absolute atomic E-state index is 12.9. The van der Waals surface area contributed by atoms with Gasteiger partial charge in [-0.3, -0.25) is 9.69 Å². The molecule has 29 heavy (non-hydrogen) atoms. The first-order valence-electron chi connectivity index (χ1n) is 10.0. The van der Waals surface area contributed by atoms with E-state index in [0.717, 1.165) is 54.8 Å². The minimum Gasteiger partial charge on any atom is -0.486 e. The summed E-state index contributed by atoms with van der Waals surface area (Å²) in [5, 5.41) is 0.721. The van der Waals surface area contributed by atoms with Crippen LogP contribution in [0.2, 0.25) is 0 Å². The number of rotatable bonds is 4. The van der Waals surface area contributed by atoms with Gasteiger partial charge in [0.25, 0.3) is 5.91 Å². The van der Waals surface area contributed by atoms with E-state index < -0.39 is 0 Å². The van der Waals surface area contributed by atoms with Gasteiger partial charge in [0.15, 0.2) is 16.7 Å². The van der Waals surface area contributed by atoms with E-state index in [0.29, 0.717) is 18.7 Å². The molecular formula is C21H24N4O3S. The van der Waals surface area contributed by atoms with Gasteiger partial charge in [-0.05, 0) is 37.8 Å². The van der Waals surface area contributed by atoms with Crippen LogP contribution in [0.4, 0.5) is 0 Å². The monoisotopic (exact) mass is 412 g/mol. The fraction of sp³-hybridized carbons (Fsp3) is 0.476. The van der Waals surface area contributed by atoms with Gasteiger partial charge in [-0.25, -0.2) is 9.97 Å². The van der Waals surface area contributed by atoms with E-state index in [2.05, 4.69) is 14.9 Å². The Bertz CT molecular complexity index is 925. The van der Waals surface area contributed by atoms with E-state index in [4.69, 9.17) is 9.47 Å². The van der Waals surface area contributed by atoms with E-state index in [1.54, 1.807) is 6.20 Å². The van der Waals surface area contributed by atoms with Crippen molar-refractivity contribution in [3.8, 4) is 11.5 Å². The molecular weight excluding hydrogens is 388 g/mol. The summed E-state index contributed by atoms with van der Waals surface area (Å²) in [6.07, 6.45) is 5.72. The average molecular weight is 413 g/mol. The number of fused-ring (bicyclic) bond motifs is 2. The molecule has 1 amide bonds. The predicted octanol–water partition coefficient (Wildman–Crippen LogP) is 2.46. The molecule has 5 rings (SSSR count). The van der Waals surface area contributed by atoms with Crippen molar-refractivity contribution in [2.24, 2.45) is 0 Å². The minimum absolute atomic E-state index is 0.00475. The van der Waals surface area contributed by atoms with Gasteiger partial charge in [-0.15, -0.1) is 0 Å². The Hall–Kier alpha value is -2.32. The highest BCUT2D eigenvalue weighted by atomic mass is 32.2. The summed E-state index contributed by atoms with van der Waals surface area (Å²) in [7, 11) is 0. The van der Waals surface area contributed by atoms with Gasteiger partial charge >= 0.3 is 0 Å². The van der Waals surface area contributed by atoms with E-state index >= 15 is 0 Å². The number of hydrogen-bond acceptors (Lipinski definition) is 7. The SMILES string of the molecule is CSc1ncc2c(n1)CN([C@H]1CCCN(C[C@H]3COc4ccccc4O3)C1)C2=O.